The standard InChI is InChI=1S/C9H8BrClFNO/c10-3-4-13-9(14)7-2-1-6(11)5-8(7)12/h1-2,5H,3-4H2,(H,13,14). The first-order chi connectivity index (χ1) is 6.65. The maximum absolute atomic E-state index is 13.2. The molecule has 0 saturated heterocycles. The van der Waals surface area contributed by atoms with Crippen molar-refractivity contribution in [2.75, 3.05) is 11.9 Å². The van der Waals surface area contributed by atoms with Crippen LogP contribution in [-0.2, 0) is 0 Å². The number of hydrogen-bond donors (Lipinski definition) is 1. The van der Waals surface area contributed by atoms with Crippen LogP contribution in [0.3, 0.4) is 0 Å². The molecule has 0 saturated carbocycles. The van der Waals surface area contributed by atoms with Crippen molar-refractivity contribution in [1.82, 2.24) is 5.32 Å². The van der Waals surface area contributed by atoms with Gasteiger partial charge in [-0.15, -0.1) is 0 Å². The van der Waals surface area contributed by atoms with Gasteiger partial charge in [0.25, 0.3) is 5.91 Å². The van der Waals surface area contributed by atoms with E-state index in [9.17, 15) is 9.18 Å². The van der Waals surface area contributed by atoms with Crippen molar-refractivity contribution in [3.8, 4) is 0 Å². The van der Waals surface area contributed by atoms with E-state index in [2.05, 4.69) is 21.2 Å². The van der Waals surface area contributed by atoms with Crippen LogP contribution in [0.5, 0.6) is 0 Å². The van der Waals surface area contributed by atoms with E-state index in [0.717, 1.165) is 6.07 Å². The average Bonchev–Trinajstić information content (AvgIpc) is 2.14. The molecule has 1 aromatic carbocycles. The van der Waals surface area contributed by atoms with Gasteiger partial charge in [0.2, 0.25) is 0 Å². The molecule has 0 aliphatic carbocycles. The van der Waals surface area contributed by atoms with Crippen LogP contribution in [0.4, 0.5) is 4.39 Å². The molecule has 14 heavy (non-hydrogen) atoms. The molecule has 2 nitrogen and oxygen atoms in total. The van der Waals surface area contributed by atoms with Gasteiger partial charge in [-0.1, -0.05) is 27.5 Å². The molecule has 76 valence electrons. The number of rotatable bonds is 3. The first kappa shape index (κ1) is 11.5. The largest absolute Gasteiger partial charge is 0.351 e. The summed E-state index contributed by atoms with van der Waals surface area (Å²) in [4.78, 5) is 11.3. The summed E-state index contributed by atoms with van der Waals surface area (Å²) in [5, 5.41) is 3.45. The van der Waals surface area contributed by atoms with Crippen molar-refractivity contribution in [1.29, 1.82) is 0 Å². The van der Waals surface area contributed by atoms with Gasteiger partial charge in [0.1, 0.15) is 5.82 Å². The second kappa shape index (κ2) is 5.32. The Balaban J connectivity index is 2.80. The van der Waals surface area contributed by atoms with Crippen LogP contribution in [0.2, 0.25) is 5.02 Å². The molecule has 0 bridgehead atoms. The zero-order chi connectivity index (χ0) is 10.6. The van der Waals surface area contributed by atoms with Gasteiger partial charge in [-0.2, -0.15) is 0 Å². The highest BCUT2D eigenvalue weighted by molar-refractivity contribution is 9.09. The molecule has 1 aromatic rings. The minimum absolute atomic E-state index is 0.00958. The van der Waals surface area contributed by atoms with Gasteiger partial charge in [0, 0.05) is 16.9 Å². The number of amides is 1. The molecule has 1 N–H and O–H groups in total. The highest BCUT2D eigenvalue weighted by Gasteiger charge is 2.10. The minimum atomic E-state index is -0.607. The molecule has 0 aliphatic rings. The first-order valence-electron chi connectivity index (χ1n) is 3.94. The fourth-order valence-electron chi connectivity index (χ4n) is 0.930. The lowest BCUT2D eigenvalue weighted by Gasteiger charge is -2.04. The number of alkyl halides is 1. The van der Waals surface area contributed by atoms with Crippen molar-refractivity contribution in [3.05, 3.63) is 34.6 Å². The monoisotopic (exact) mass is 279 g/mol. The fraction of sp³-hybridized carbons (Fsp3) is 0.222. The second-order valence-corrected chi connectivity index (χ2v) is 3.80. The number of benzene rings is 1. The van der Waals surface area contributed by atoms with E-state index in [-0.39, 0.29) is 10.6 Å². The lowest BCUT2D eigenvalue weighted by molar-refractivity contribution is 0.0952. The maximum Gasteiger partial charge on any atom is 0.254 e. The summed E-state index contributed by atoms with van der Waals surface area (Å²) < 4.78 is 13.2. The van der Waals surface area contributed by atoms with E-state index in [1.165, 1.54) is 12.1 Å². The van der Waals surface area contributed by atoms with Gasteiger partial charge < -0.3 is 5.32 Å². The predicted molar refractivity (Wildman–Crippen MR) is 57.5 cm³/mol. The zero-order valence-electron chi connectivity index (χ0n) is 7.19. The Morgan fingerprint density at radius 2 is 2.29 bits per heavy atom. The van der Waals surface area contributed by atoms with E-state index < -0.39 is 11.7 Å². The summed E-state index contributed by atoms with van der Waals surface area (Å²) in [5.74, 6) is -1.04. The van der Waals surface area contributed by atoms with E-state index >= 15 is 0 Å². The van der Waals surface area contributed by atoms with Gasteiger partial charge in [-0.05, 0) is 18.2 Å². The lowest BCUT2D eigenvalue weighted by atomic mass is 10.2. The topological polar surface area (TPSA) is 29.1 Å². The summed E-state index contributed by atoms with van der Waals surface area (Å²) in [6, 6.07) is 3.96. The van der Waals surface area contributed by atoms with Crippen molar-refractivity contribution >= 4 is 33.4 Å². The van der Waals surface area contributed by atoms with Gasteiger partial charge >= 0.3 is 0 Å². The SMILES string of the molecule is O=C(NCCBr)c1ccc(Cl)cc1F. The molecule has 0 radical (unpaired) electrons. The van der Waals surface area contributed by atoms with Crippen LogP contribution in [0.15, 0.2) is 18.2 Å². The van der Waals surface area contributed by atoms with Gasteiger partial charge in [-0.25, -0.2) is 4.39 Å². The molecule has 1 rings (SSSR count). The lowest BCUT2D eigenvalue weighted by Crippen LogP contribution is -2.26. The summed E-state index contributed by atoms with van der Waals surface area (Å²) >= 11 is 8.70. The van der Waals surface area contributed by atoms with Gasteiger partial charge in [-0.3, -0.25) is 4.79 Å². The molecule has 5 heteroatoms. The molecule has 0 heterocycles. The van der Waals surface area contributed by atoms with E-state index in [1.54, 1.807) is 0 Å². The molecule has 1 amide bonds. The Hall–Kier alpha value is -0.610. The molecular formula is C9H8BrClFNO. The van der Waals surface area contributed by atoms with Crippen molar-refractivity contribution in [3.63, 3.8) is 0 Å². The number of carbonyl (C=O) groups excluding carboxylic acids is 1. The first-order valence-corrected chi connectivity index (χ1v) is 5.44. The molecular weight excluding hydrogens is 272 g/mol. The summed E-state index contributed by atoms with van der Waals surface area (Å²) in [7, 11) is 0. The van der Waals surface area contributed by atoms with Crippen molar-refractivity contribution < 1.29 is 9.18 Å². The molecule has 0 unspecified atom stereocenters. The summed E-state index contributed by atoms with van der Waals surface area (Å²) in [5.41, 5.74) is 0.00958. The third-order valence-corrected chi connectivity index (χ3v) is 2.19. The van der Waals surface area contributed by atoms with Crippen LogP contribution in [0.25, 0.3) is 0 Å². The average molecular weight is 281 g/mol. The normalized spacial score (nSPS) is 9.93. The summed E-state index contributed by atoms with van der Waals surface area (Å²) in [6.45, 7) is 0.459. The highest BCUT2D eigenvalue weighted by atomic mass is 79.9. The third kappa shape index (κ3) is 2.96. The minimum Gasteiger partial charge on any atom is -0.351 e. The van der Waals surface area contributed by atoms with Crippen LogP contribution >= 0.6 is 27.5 Å². The highest BCUT2D eigenvalue weighted by Crippen LogP contribution is 2.14. The summed E-state index contributed by atoms with van der Waals surface area (Å²) in [6.07, 6.45) is 0. The predicted octanol–water partition coefficient (Wildman–Crippen LogP) is 2.60. The van der Waals surface area contributed by atoms with Crippen LogP contribution in [0, 0.1) is 5.82 Å². The molecule has 0 atom stereocenters. The number of carbonyl (C=O) groups is 1. The quantitative estimate of drug-likeness (QED) is 0.847. The number of halogens is 3. The van der Waals surface area contributed by atoms with E-state index in [0.29, 0.717) is 11.9 Å². The maximum atomic E-state index is 13.2. The molecule has 0 spiro atoms. The Labute approximate surface area is 94.6 Å². The Morgan fingerprint density at radius 3 is 2.86 bits per heavy atom. The van der Waals surface area contributed by atoms with Gasteiger partial charge in [0.15, 0.2) is 0 Å². The molecule has 0 aromatic heterocycles. The number of hydrogen-bond acceptors (Lipinski definition) is 1. The Bertz CT molecular complexity index is 346. The van der Waals surface area contributed by atoms with Crippen molar-refractivity contribution in [2.24, 2.45) is 0 Å². The molecule has 0 fully saturated rings. The van der Waals surface area contributed by atoms with Crippen LogP contribution in [0.1, 0.15) is 10.4 Å². The Morgan fingerprint density at radius 1 is 1.57 bits per heavy atom. The fourth-order valence-corrected chi connectivity index (χ4v) is 1.29. The van der Waals surface area contributed by atoms with E-state index in [4.69, 9.17) is 11.6 Å². The van der Waals surface area contributed by atoms with Gasteiger partial charge in [0.05, 0.1) is 5.56 Å². The van der Waals surface area contributed by atoms with Crippen molar-refractivity contribution in [2.45, 2.75) is 0 Å². The Kier molecular flexibility index (Phi) is 4.35. The second-order valence-electron chi connectivity index (χ2n) is 2.57. The number of nitrogens with one attached hydrogen (secondary N) is 1. The van der Waals surface area contributed by atoms with E-state index in [1.807, 2.05) is 0 Å². The zero-order valence-corrected chi connectivity index (χ0v) is 9.53. The van der Waals surface area contributed by atoms with Crippen LogP contribution in [-0.4, -0.2) is 17.8 Å². The van der Waals surface area contributed by atoms with Crippen LogP contribution < -0.4 is 5.32 Å². The smallest absolute Gasteiger partial charge is 0.254 e. The molecule has 0 aliphatic heterocycles. The third-order valence-electron chi connectivity index (χ3n) is 1.56.